The maximum Gasteiger partial charge on any atom is 0.246 e. The third-order valence-corrected chi connectivity index (χ3v) is 19.0. The summed E-state index contributed by atoms with van der Waals surface area (Å²) in [5.41, 5.74) is 29.1. The van der Waals surface area contributed by atoms with Crippen LogP contribution in [0.3, 0.4) is 0 Å². The fraction of sp³-hybridized carbons (Fsp3) is 0.582. The van der Waals surface area contributed by atoms with Crippen molar-refractivity contribution in [2.75, 3.05) is 26.0 Å². The van der Waals surface area contributed by atoms with Crippen molar-refractivity contribution in [2.24, 2.45) is 45.5 Å². The Morgan fingerprint density at radius 3 is 1.85 bits per heavy atom. The van der Waals surface area contributed by atoms with Gasteiger partial charge in [-0.2, -0.15) is 0 Å². The van der Waals surface area contributed by atoms with Crippen LogP contribution < -0.4 is 65.3 Å². The zero-order valence-corrected chi connectivity index (χ0v) is 47.5. The quantitative estimate of drug-likeness (QED) is 0.0359. The van der Waals surface area contributed by atoms with Gasteiger partial charge in [0.2, 0.25) is 59.1 Å². The van der Waals surface area contributed by atoms with E-state index in [1.165, 1.54) is 33.6 Å². The summed E-state index contributed by atoms with van der Waals surface area (Å²) in [7, 11) is 4.28. The van der Waals surface area contributed by atoms with E-state index in [9.17, 15) is 38.4 Å². The van der Waals surface area contributed by atoms with Crippen LogP contribution in [0, 0.1) is 11.8 Å². The molecule has 26 heteroatoms. The summed E-state index contributed by atoms with van der Waals surface area (Å²) < 4.78 is 4.65. The van der Waals surface area contributed by atoms with Crippen molar-refractivity contribution in [3.63, 3.8) is 0 Å². The molecule has 2 aliphatic heterocycles. The molecule has 10 amide bonds. The summed E-state index contributed by atoms with van der Waals surface area (Å²) >= 11 is 0. The number of rotatable bonds is 20. The van der Waals surface area contributed by atoms with Crippen LogP contribution in [0.4, 0.5) is 0 Å². The number of hydrogen-bond donors (Lipinski definition) is 11. The van der Waals surface area contributed by atoms with Crippen LogP contribution in [0.2, 0.25) is 0 Å². The van der Waals surface area contributed by atoms with Gasteiger partial charge in [0.05, 0.1) is 13.5 Å². The van der Waals surface area contributed by atoms with Crippen LogP contribution in [-0.2, 0) is 60.8 Å². The van der Waals surface area contributed by atoms with Gasteiger partial charge in [0.15, 0.2) is 5.96 Å². The van der Waals surface area contributed by atoms with Crippen LogP contribution >= 0.6 is 21.6 Å². The Hall–Kier alpha value is -7.09. The first-order valence-electron chi connectivity index (χ1n) is 27.8. The molecule has 2 aromatic carbocycles. The van der Waals surface area contributed by atoms with E-state index >= 15 is 9.59 Å². The number of primary amides is 3. The van der Waals surface area contributed by atoms with Crippen molar-refractivity contribution in [3.8, 4) is 5.75 Å². The number of nitrogens with zero attached hydrogens (tertiary/aromatic N) is 2. The number of carbonyl (C=O) groups excluding carboxylic acids is 10. The number of methoxy groups -OCH3 is 1. The Bertz CT molecular complexity index is 2560. The second-order valence-corrected chi connectivity index (χ2v) is 24.0. The maximum atomic E-state index is 15.1. The zero-order chi connectivity index (χ0) is 58.6. The second-order valence-electron chi connectivity index (χ2n) is 21.3. The molecule has 442 valence electrons. The van der Waals surface area contributed by atoms with Gasteiger partial charge in [0, 0.05) is 49.3 Å². The highest BCUT2D eigenvalue weighted by atomic mass is 33.1. The van der Waals surface area contributed by atoms with Gasteiger partial charge < -0.3 is 70.2 Å². The van der Waals surface area contributed by atoms with Gasteiger partial charge in [0.25, 0.3) is 0 Å². The number of likely N-dealkylation sites (tertiary alicyclic amines) is 1. The minimum absolute atomic E-state index is 0.00943. The number of nitrogens with two attached hydrogens (primary N) is 5. The van der Waals surface area contributed by atoms with Crippen LogP contribution in [0.5, 0.6) is 5.75 Å². The predicted molar refractivity (Wildman–Crippen MR) is 306 cm³/mol. The van der Waals surface area contributed by atoms with Gasteiger partial charge in [-0.15, -0.1) is 0 Å². The minimum atomic E-state index is -1.74. The first-order valence-corrected chi connectivity index (χ1v) is 30.1. The molecule has 7 atom stereocenters. The summed E-state index contributed by atoms with van der Waals surface area (Å²) in [6, 6.07) is 6.19. The molecule has 0 bridgehead atoms. The van der Waals surface area contributed by atoms with Crippen molar-refractivity contribution in [3.05, 3.63) is 65.7 Å². The smallest absolute Gasteiger partial charge is 0.246 e. The number of carbonyl (C=O) groups is 10. The molecule has 0 radical (unpaired) electrons. The van der Waals surface area contributed by atoms with Gasteiger partial charge in [-0.1, -0.05) is 89.7 Å². The average molecular weight is 1160 g/mol. The Balaban J connectivity index is 1.42. The van der Waals surface area contributed by atoms with Crippen molar-refractivity contribution < 1.29 is 52.7 Å². The SMILES string of the molecule is COc1ccc(C[C@H]2NC(=O)CC(C3CCCC3)(C3CCCC3)SSC[C@@H](C(=O)N3CCC[C@@H]3C(=O)N[C@@H](CCCN=C(N)N)C(N)=O)NC(=O)[C@H](CC(N)=O)NC(=O)[C@@H](CCC(N)=O)NC(=O)[C@H](Cc3ccccc3)NC2=O)cc1. The molecule has 2 saturated heterocycles. The lowest BCUT2D eigenvalue weighted by atomic mass is 9.76. The van der Waals surface area contributed by atoms with Crippen LogP contribution in [0.15, 0.2) is 59.6 Å². The Morgan fingerprint density at radius 2 is 1.27 bits per heavy atom. The topological polar surface area (TPSA) is 398 Å². The molecule has 2 aliphatic carbocycles. The molecule has 16 N–H and O–H groups in total. The van der Waals surface area contributed by atoms with Crippen molar-refractivity contribution in [1.29, 1.82) is 0 Å². The molecule has 0 spiro atoms. The number of nitrogens with one attached hydrogen (secondary N) is 6. The molecule has 4 aliphatic rings. The molecule has 2 heterocycles. The predicted octanol–water partition coefficient (Wildman–Crippen LogP) is -0.0357. The van der Waals surface area contributed by atoms with Gasteiger partial charge in [-0.05, 0) is 92.9 Å². The molecule has 0 unspecified atom stereocenters. The fourth-order valence-corrected chi connectivity index (χ4v) is 15.2. The average Bonchev–Trinajstić information content (AvgIpc) is 4.48. The molecule has 24 nitrogen and oxygen atoms in total. The number of hydrogen-bond acceptors (Lipinski definition) is 14. The second kappa shape index (κ2) is 30.6. The van der Waals surface area contributed by atoms with E-state index in [0.29, 0.717) is 29.7 Å². The van der Waals surface area contributed by atoms with Crippen molar-refractivity contribution in [2.45, 2.75) is 163 Å². The highest BCUT2D eigenvalue weighted by Crippen LogP contribution is 2.57. The molecule has 2 aromatic rings. The molecular formula is C55H79N13O11S2. The normalized spacial score (nSPS) is 24.1. The van der Waals surface area contributed by atoms with E-state index in [2.05, 4.69) is 36.9 Å². The van der Waals surface area contributed by atoms with Gasteiger partial charge in [0.1, 0.15) is 48.0 Å². The van der Waals surface area contributed by atoms with Gasteiger partial charge in [-0.3, -0.25) is 52.9 Å². The summed E-state index contributed by atoms with van der Waals surface area (Å²) in [5, 5.41) is 16.5. The number of ether oxygens (including phenoxy) is 1. The minimum Gasteiger partial charge on any atom is -0.497 e. The number of benzene rings is 2. The van der Waals surface area contributed by atoms with Crippen molar-refractivity contribution >= 4 is 86.6 Å². The molecule has 4 fully saturated rings. The van der Waals surface area contributed by atoms with E-state index < -0.39 is 119 Å². The zero-order valence-electron chi connectivity index (χ0n) is 45.8. The summed E-state index contributed by atoms with van der Waals surface area (Å²) in [5.74, 6) is -7.63. The summed E-state index contributed by atoms with van der Waals surface area (Å²) in [4.78, 5) is 146. The van der Waals surface area contributed by atoms with E-state index in [1.54, 1.807) is 54.6 Å². The fourth-order valence-electron chi connectivity index (χ4n) is 11.4. The number of guanidine groups is 1. The third-order valence-electron chi connectivity index (χ3n) is 15.6. The Morgan fingerprint density at radius 1 is 0.704 bits per heavy atom. The monoisotopic (exact) mass is 1160 g/mol. The highest BCUT2D eigenvalue weighted by molar-refractivity contribution is 8.77. The molecule has 0 aromatic heterocycles. The lowest BCUT2D eigenvalue weighted by Crippen LogP contribution is -2.61. The third kappa shape index (κ3) is 18.5. The van der Waals surface area contributed by atoms with Crippen LogP contribution in [0.25, 0.3) is 0 Å². The largest absolute Gasteiger partial charge is 0.497 e. The molecule has 2 saturated carbocycles. The number of amides is 10. The summed E-state index contributed by atoms with van der Waals surface area (Å²) in [6.07, 6.45) is 6.30. The van der Waals surface area contributed by atoms with Crippen LogP contribution in [-0.4, -0.2) is 143 Å². The van der Waals surface area contributed by atoms with E-state index in [1.807, 2.05) is 0 Å². The highest BCUT2D eigenvalue weighted by Gasteiger charge is 2.50. The molecular weight excluding hydrogens is 1080 g/mol. The lowest BCUT2D eigenvalue weighted by Gasteiger charge is -2.43. The Kier molecular flexibility index (Phi) is 23.9. The van der Waals surface area contributed by atoms with Crippen LogP contribution in [0.1, 0.15) is 114 Å². The first-order chi connectivity index (χ1) is 38.8. The summed E-state index contributed by atoms with van der Waals surface area (Å²) in [6.45, 7) is 0.248. The maximum absolute atomic E-state index is 15.1. The molecule has 81 heavy (non-hydrogen) atoms. The first kappa shape index (κ1) is 63.1. The number of aliphatic imine (C=N–C) groups is 1. The molecule has 6 rings (SSSR count). The standard InChI is InChI=1S/C55H79N13O11S2/c1-79-36-21-19-33(20-22-36)28-39-49(74)65-40(27-32-11-3-2-4-12-32)50(75)64-38(23-24-44(56)69)48(73)66-41(29-45(57)70)51(76)67-42(31-80-81-55(30-46(71)62-39,34-13-5-6-14-34)35-15-7-8-16-35)53(78)68-26-10-18-43(68)52(77)63-37(47(58)72)17-9-25-61-54(59)60/h2-4,11-12,19-22,34-35,37-43H,5-10,13-18,23-31H2,1H3,(H2,56,69)(H2,57,70)(H2,58,72)(H,62,71)(H,63,77)(H,64,75)(H,65,74)(H,66,73)(H,67,76)(H4,59,60,61)/t37-,38+,39+,40-,41-,42-,43+/m0/s1. The van der Waals surface area contributed by atoms with E-state index in [4.69, 9.17) is 33.4 Å². The van der Waals surface area contributed by atoms with Gasteiger partial charge >= 0.3 is 0 Å². The van der Waals surface area contributed by atoms with E-state index in [0.717, 1.165) is 51.4 Å². The van der Waals surface area contributed by atoms with Gasteiger partial charge in [-0.25, -0.2) is 0 Å². The van der Waals surface area contributed by atoms with Crippen molar-refractivity contribution in [1.82, 2.24) is 36.8 Å². The van der Waals surface area contributed by atoms with E-state index in [-0.39, 0.29) is 75.2 Å². The Labute approximate surface area is 479 Å². The lowest BCUT2D eigenvalue weighted by molar-refractivity contribution is -0.142.